The van der Waals surface area contributed by atoms with Crippen molar-refractivity contribution < 1.29 is 37.9 Å². The molecule has 0 atom stereocenters. The van der Waals surface area contributed by atoms with Gasteiger partial charge in [0.1, 0.15) is 22.6 Å². The van der Waals surface area contributed by atoms with Crippen molar-refractivity contribution in [1.29, 1.82) is 0 Å². The van der Waals surface area contributed by atoms with Crippen LogP contribution in [-0.4, -0.2) is 92.7 Å². The number of hydrogen-bond acceptors (Lipinski definition) is 14. The third-order valence-electron chi connectivity index (χ3n) is 25.7. The van der Waals surface area contributed by atoms with Gasteiger partial charge in [0.05, 0.1) is 52.9 Å². The first-order chi connectivity index (χ1) is 51.5. The molecule has 0 saturated heterocycles. The van der Waals surface area contributed by atoms with E-state index in [1.165, 1.54) is 154 Å². The lowest BCUT2D eigenvalue weighted by Gasteiger charge is -2.24. The Labute approximate surface area is 615 Å². The number of aromatic nitrogens is 8. The number of rotatable bonds is 24. The highest BCUT2D eigenvalue weighted by atomic mass is 16.5. The summed E-state index contributed by atoms with van der Waals surface area (Å²) in [6.45, 7) is 4.99. The van der Waals surface area contributed by atoms with Gasteiger partial charge in [-0.2, -0.15) is 0 Å². The third kappa shape index (κ3) is 16.4. The molecule has 0 radical (unpaired) electrons. The van der Waals surface area contributed by atoms with Crippen LogP contribution < -0.4 is 37.9 Å². The monoisotopic (exact) mass is 1410 g/mol. The normalized spacial score (nSPS) is 20.3. The van der Waals surface area contributed by atoms with Crippen molar-refractivity contribution in [2.75, 3.05) is 52.9 Å². The van der Waals surface area contributed by atoms with E-state index >= 15 is 0 Å². The van der Waals surface area contributed by atoms with Gasteiger partial charge in [-0.3, -0.25) is 0 Å². The molecule has 0 amide bonds. The number of nitrogens with zero attached hydrogens (tertiary/aromatic N) is 6. The highest BCUT2D eigenvalue weighted by Crippen LogP contribution is 2.48. The number of ether oxygens (including phenoxy) is 8. The van der Waals surface area contributed by atoms with Gasteiger partial charge >= 0.3 is 0 Å². The van der Waals surface area contributed by atoms with Gasteiger partial charge in [-0.15, -0.1) is 0 Å². The first-order valence-corrected chi connectivity index (χ1v) is 42.0. The molecule has 5 heterocycles. The zero-order valence-electron chi connectivity index (χ0n) is 62.1. The first-order valence-electron chi connectivity index (χ1n) is 42.0. The molecule has 2 N–H and O–H groups in total. The highest BCUT2D eigenvalue weighted by molar-refractivity contribution is 6.08. The molecule has 8 aliphatic carbocycles. The number of nitrogens with one attached hydrogen (secondary N) is 2. The quantitative estimate of drug-likeness (QED) is 0.0583. The van der Waals surface area contributed by atoms with Crippen molar-refractivity contribution >= 4 is 44.1 Å². The Bertz CT molecular complexity index is 3720. The molecule has 10 aliphatic rings. The summed E-state index contributed by atoms with van der Waals surface area (Å²) in [5, 5.41) is 3.35. The summed E-state index contributed by atoms with van der Waals surface area (Å²) >= 11 is 0. The van der Waals surface area contributed by atoms with E-state index in [0.717, 1.165) is 170 Å². The maximum Gasteiger partial charge on any atom is 0.164 e. The Morgan fingerprint density at radius 3 is 0.519 bits per heavy atom. The van der Waals surface area contributed by atoms with E-state index < -0.39 is 0 Å². The first kappa shape index (κ1) is 69.7. The average Bonchev–Trinajstić information content (AvgIpc) is 1.59. The van der Waals surface area contributed by atoms with Gasteiger partial charge in [0, 0.05) is 43.8 Å². The van der Waals surface area contributed by atoms with Crippen LogP contribution in [0.2, 0.25) is 0 Å². The molecule has 16 heteroatoms. The maximum atomic E-state index is 7.08. The van der Waals surface area contributed by atoms with Crippen LogP contribution in [0, 0.1) is 47.3 Å². The fraction of sp³-hybridized carbons (Fsp3) is 0.636. The molecule has 8 fully saturated rings. The van der Waals surface area contributed by atoms with Crippen LogP contribution in [0.1, 0.15) is 257 Å². The molecule has 7 aromatic rings. The maximum absolute atomic E-state index is 7.08. The molecule has 17 rings (SSSR count). The summed E-state index contributed by atoms with van der Waals surface area (Å²) in [4.78, 5) is 41.8. The number of fused-ring (bicyclic) bond motifs is 20. The van der Waals surface area contributed by atoms with Crippen molar-refractivity contribution in [3.05, 3.63) is 48.5 Å². The van der Waals surface area contributed by atoms with Gasteiger partial charge in [-0.25, -0.2) is 29.9 Å². The Kier molecular flexibility index (Phi) is 22.2. The molecule has 104 heavy (non-hydrogen) atoms. The lowest BCUT2D eigenvalue weighted by molar-refractivity contribution is 0.180. The molecule has 8 bridgehead atoms. The van der Waals surface area contributed by atoms with Crippen molar-refractivity contribution in [1.82, 2.24) is 39.9 Å². The molecular formula is C88H114N8O8. The van der Waals surface area contributed by atoms with Crippen LogP contribution in [-0.2, 0) is 0 Å². The van der Waals surface area contributed by atoms with Gasteiger partial charge in [-0.1, -0.05) is 154 Å². The fourth-order valence-corrected chi connectivity index (χ4v) is 19.2. The molecular weight excluding hydrogens is 1300 g/mol. The molecule has 3 aromatic heterocycles. The largest absolute Gasteiger partial charge is 0.489 e. The molecule has 0 spiro atoms. The van der Waals surface area contributed by atoms with E-state index in [1.807, 2.05) is 0 Å². The number of hydrogen-bond donors (Lipinski definition) is 2. The van der Waals surface area contributed by atoms with E-state index in [4.69, 9.17) is 67.8 Å². The van der Waals surface area contributed by atoms with Crippen LogP contribution in [0.15, 0.2) is 48.5 Å². The topological polar surface area (TPSA) is 183 Å². The average molecular weight is 1410 g/mol. The predicted octanol–water partition coefficient (Wildman–Crippen LogP) is 22.5. The second-order valence-corrected chi connectivity index (χ2v) is 33.5. The van der Waals surface area contributed by atoms with E-state index in [9.17, 15) is 0 Å². The molecule has 8 saturated carbocycles. The summed E-state index contributed by atoms with van der Waals surface area (Å²) < 4.78 is 56.6. The predicted molar refractivity (Wildman–Crippen MR) is 413 cm³/mol. The second kappa shape index (κ2) is 33.2. The van der Waals surface area contributed by atoms with E-state index in [1.54, 1.807) is 0 Å². The Balaban J connectivity index is 0.901. The standard InChI is InChI=1S/C88H114N8O8/c1-9-25-57(26-10-1)49-97-73-41-65-66(42-74(73)98-50-58-27-11-2-12-28-58)82-89-81(65)93-83-67-43-75(99-51-59-29-13-3-14-30-59)76(100-52-60-31-15-4-16-32-60)44-68(67)85(90-83)95-87-71-47-79(103-55-63-37-21-7-22-38-63)80(104-56-64-39-23-8-24-40-64)48-72(71)88(92-87)96-86-70-46-78(102-54-62-35-19-6-20-36-62)77(45-69(70)84(91-86)94-82)101-53-61-33-17-5-18-34-61/h41-48,57-64H,1-40,49-56H2,(H2,89,90,91,92,93,94,95,96). The minimum Gasteiger partial charge on any atom is -0.489 e. The Hall–Kier alpha value is -7.36. The Morgan fingerprint density at radius 1 is 0.202 bits per heavy atom. The van der Waals surface area contributed by atoms with Gasteiger partial charge in [-0.05, 0) is 199 Å². The molecule has 2 aliphatic heterocycles. The van der Waals surface area contributed by atoms with Gasteiger partial charge in [0.15, 0.2) is 69.3 Å². The zero-order chi connectivity index (χ0) is 69.4. The minimum absolute atomic E-state index is 0.474. The molecule has 4 aromatic carbocycles. The number of aromatic amines is 2. The van der Waals surface area contributed by atoms with Crippen LogP contribution >= 0.6 is 0 Å². The molecule has 0 unspecified atom stereocenters. The smallest absolute Gasteiger partial charge is 0.164 e. The molecule has 16 nitrogen and oxygen atoms in total. The minimum atomic E-state index is 0.474. The highest BCUT2D eigenvalue weighted by Gasteiger charge is 2.32. The van der Waals surface area contributed by atoms with Crippen LogP contribution in [0.5, 0.6) is 46.0 Å². The van der Waals surface area contributed by atoms with Crippen LogP contribution in [0.3, 0.4) is 0 Å². The van der Waals surface area contributed by atoms with E-state index in [2.05, 4.69) is 58.5 Å². The second-order valence-electron chi connectivity index (χ2n) is 33.5. The van der Waals surface area contributed by atoms with Gasteiger partial charge in [0.25, 0.3) is 0 Å². The summed E-state index contributed by atoms with van der Waals surface area (Å²) in [6.07, 6.45) is 48.6. The van der Waals surface area contributed by atoms with Crippen LogP contribution in [0.4, 0.5) is 0 Å². The van der Waals surface area contributed by atoms with Crippen LogP contribution in [0.25, 0.3) is 89.7 Å². The van der Waals surface area contributed by atoms with Crippen molar-refractivity contribution in [3.8, 4) is 91.5 Å². The van der Waals surface area contributed by atoms with Gasteiger partial charge in [0.2, 0.25) is 0 Å². The summed E-state index contributed by atoms with van der Waals surface area (Å²) in [5.41, 5.74) is 5.59. The number of H-pyrrole nitrogens is 2. The lowest BCUT2D eigenvalue weighted by atomic mass is 9.90. The third-order valence-corrected chi connectivity index (χ3v) is 25.7. The van der Waals surface area contributed by atoms with Crippen molar-refractivity contribution in [3.63, 3.8) is 0 Å². The lowest BCUT2D eigenvalue weighted by Crippen LogP contribution is -2.17. The Morgan fingerprint density at radius 2 is 0.356 bits per heavy atom. The molecule has 554 valence electrons. The summed E-state index contributed by atoms with van der Waals surface area (Å²) in [5.74, 6) is 11.5. The number of benzene rings is 4. The van der Waals surface area contributed by atoms with Crippen molar-refractivity contribution in [2.24, 2.45) is 47.3 Å². The van der Waals surface area contributed by atoms with E-state index in [-0.39, 0.29) is 0 Å². The van der Waals surface area contributed by atoms with E-state index in [0.29, 0.717) is 169 Å². The SMILES string of the molecule is c1c(OCC2CCCCC2)c(OCC2CCCCC2)cc2c1-c1nc-2nc2[nH]c(nc3nc(nc4[nH]c(n1)c1cc(OCC5CCCCC5)c(OCC5CCCCC5)cc41)-c1cc(OCC4CCCCC4)c(OCC4CCCCC4)cc1-3)c1cc(OCC3CCCCC3)c(OCC3CCCCC3)cc21. The fourth-order valence-electron chi connectivity index (χ4n) is 19.2. The zero-order valence-corrected chi connectivity index (χ0v) is 62.1. The van der Waals surface area contributed by atoms with Crippen molar-refractivity contribution in [2.45, 2.75) is 257 Å². The summed E-state index contributed by atoms with van der Waals surface area (Å²) in [7, 11) is 0. The summed E-state index contributed by atoms with van der Waals surface area (Å²) in [6, 6.07) is 17.2. The van der Waals surface area contributed by atoms with Gasteiger partial charge < -0.3 is 47.9 Å².